The quantitative estimate of drug-likeness (QED) is 0.362. The molecule has 0 fully saturated rings. The summed E-state index contributed by atoms with van der Waals surface area (Å²) in [5.41, 5.74) is 3.60. The smallest absolute Gasteiger partial charge is 0.280 e. The lowest BCUT2D eigenvalue weighted by molar-refractivity contribution is 0.415. The molecule has 3 aromatic carbocycles. The van der Waals surface area contributed by atoms with Crippen LogP contribution >= 0.6 is 23.2 Å². The van der Waals surface area contributed by atoms with Crippen molar-refractivity contribution in [2.45, 2.75) is 6.92 Å². The molecule has 0 bridgehead atoms. The van der Waals surface area contributed by atoms with Gasteiger partial charge in [-0.25, -0.2) is 4.68 Å². The van der Waals surface area contributed by atoms with Crippen molar-refractivity contribution in [1.29, 1.82) is 0 Å². The highest BCUT2D eigenvalue weighted by molar-refractivity contribution is 6.35. The maximum absolute atomic E-state index is 13.4. The predicted molar refractivity (Wildman–Crippen MR) is 127 cm³/mol. The van der Waals surface area contributed by atoms with Crippen molar-refractivity contribution in [3.63, 3.8) is 0 Å². The van der Waals surface area contributed by atoms with E-state index in [9.17, 15) is 4.79 Å². The third-order valence-electron chi connectivity index (χ3n) is 4.79. The highest BCUT2D eigenvalue weighted by atomic mass is 35.5. The Labute approximate surface area is 189 Å². The van der Waals surface area contributed by atoms with E-state index in [-0.39, 0.29) is 5.56 Å². The van der Waals surface area contributed by atoms with Crippen LogP contribution in [0.25, 0.3) is 16.9 Å². The Kier molecular flexibility index (Phi) is 5.98. The summed E-state index contributed by atoms with van der Waals surface area (Å²) < 4.78 is 6.77. The summed E-state index contributed by atoms with van der Waals surface area (Å²) in [5, 5.41) is 4.19. The third-order valence-corrected chi connectivity index (χ3v) is 5.23. The summed E-state index contributed by atoms with van der Waals surface area (Å²) in [6, 6.07) is 21.9. The van der Waals surface area contributed by atoms with Crippen LogP contribution in [0.2, 0.25) is 10.0 Å². The van der Waals surface area contributed by atoms with E-state index in [1.807, 2.05) is 54.6 Å². The van der Waals surface area contributed by atoms with Crippen LogP contribution < -0.4 is 10.3 Å². The number of benzene rings is 3. The molecule has 4 rings (SSSR count). The molecule has 0 amide bonds. The van der Waals surface area contributed by atoms with Gasteiger partial charge in [0.05, 0.1) is 35.5 Å². The largest absolute Gasteiger partial charge is 0.497 e. The van der Waals surface area contributed by atoms with Crippen LogP contribution in [0.1, 0.15) is 12.5 Å². The molecular weight excluding hydrogens is 433 g/mol. The molecule has 31 heavy (non-hydrogen) atoms. The van der Waals surface area contributed by atoms with E-state index in [4.69, 9.17) is 27.9 Å². The Morgan fingerprint density at radius 3 is 2.23 bits per heavy atom. The van der Waals surface area contributed by atoms with Crippen LogP contribution in [0, 0.1) is 0 Å². The molecule has 0 unspecified atom stereocenters. The van der Waals surface area contributed by atoms with E-state index >= 15 is 0 Å². The summed E-state index contributed by atoms with van der Waals surface area (Å²) in [6.07, 6.45) is 0. The molecule has 5 nitrogen and oxygen atoms in total. The van der Waals surface area contributed by atoms with Gasteiger partial charge in [-0.15, -0.1) is 0 Å². The normalized spacial score (nSPS) is 11.5. The molecule has 0 radical (unpaired) electrons. The van der Waals surface area contributed by atoms with E-state index < -0.39 is 0 Å². The number of hydrogen-bond acceptors (Lipinski definition) is 3. The number of halogens is 2. The van der Waals surface area contributed by atoms with Crippen molar-refractivity contribution in [3.05, 3.63) is 98.8 Å². The fourth-order valence-corrected chi connectivity index (χ4v) is 3.87. The molecule has 7 heteroatoms. The average Bonchev–Trinajstić information content (AvgIpc) is 3.11. The maximum Gasteiger partial charge on any atom is 0.280 e. The van der Waals surface area contributed by atoms with E-state index in [1.165, 1.54) is 4.68 Å². The third kappa shape index (κ3) is 4.43. The lowest BCUT2D eigenvalue weighted by Gasteiger charge is -2.05. The minimum atomic E-state index is -0.202. The SMILES string of the molecule is COc1ccc(-c2[nH]n(-c3ccccc3)c(=O)c2C(C)=Nc2cc(Cl)cc(Cl)c2)cc1. The first-order chi connectivity index (χ1) is 15.0. The van der Waals surface area contributed by atoms with Gasteiger partial charge in [-0.1, -0.05) is 41.4 Å². The van der Waals surface area contributed by atoms with Crippen LogP contribution in [0.5, 0.6) is 5.75 Å². The fraction of sp³-hybridized carbons (Fsp3) is 0.0833. The Balaban J connectivity index is 1.91. The minimum absolute atomic E-state index is 0.202. The monoisotopic (exact) mass is 451 g/mol. The standard InChI is InChI=1S/C24H19Cl2N3O2/c1-15(27-19-13-17(25)12-18(26)14-19)22-23(16-8-10-21(31-2)11-9-16)28-29(24(22)30)20-6-4-3-5-7-20/h3-14,28H,1-2H3. The van der Waals surface area contributed by atoms with Crippen LogP contribution in [0.15, 0.2) is 82.6 Å². The van der Waals surface area contributed by atoms with Gasteiger partial charge in [-0.2, -0.15) is 0 Å². The van der Waals surface area contributed by atoms with Gasteiger partial charge in [0.1, 0.15) is 5.75 Å². The Bertz CT molecular complexity index is 1290. The summed E-state index contributed by atoms with van der Waals surface area (Å²) in [5.74, 6) is 0.731. The number of ether oxygens (including phenoxy) is 1. The zero-order valence-electron chi connectivity index (χ0n) is 16.9. The molecular formula is C24H19Cl2N3O2. The van der Waals surface area contributed by atoms with Crippen LogP contribution in [-0.2, 0) is 0 Å². The fourth-order valence-electron chi connectivity index (χ4n) is 3.35. The van der Waals surface area contributed by atoms with E-state index in [2.05, 4.69) is 10.1 Å². The molecule has 0 atom stereocenters. The molecule has 0 saturated carbocycles. The summed E-state index contributed by atoms with van der Waals surface area (Å²) >= 11 is 12.2. The zero-order chi connectivity index (χ0) is 22.0. The van der Waals surface area contributed by atoms with Gasteiger partial charge in [0.2, 0.25) is 0 Å². The van der Waals surface area contributed by atoms with E-state index in [1.54, 1.807) is 32.2 Å². The van der Waals surface area contributed by atoms with Crippen molar-refractivity contribution >= 4 is 34.6 Å². The number of methoxy groups -OCH3 is 1. The molecule has 1 N–H and O–H groups in total. The molecule has 1 heterocycles. The lowest BCUT2D eigenvalue weighted by Crippen LogP contribution is -2.19. The topological polar surface area (TPSA) is 59.4 Å². The van der Waals surface area contributed by atoms with Gasteiger partial charge in [0.25, 0.3) is 5.56 Å². The highest BCUT2D eigenvalue weighted by Gasteiger charge is 2.19. The van der Waals surface area contributed by atoms with Crippen molar-refractivity contribution in [1.82, 2.24) is 9.78 Å². The number of nitrogens with one attached hydrogen (secondary N) is 1. The number of hydrogen-bond donors (Lipinski definition) is 1. The van der Waals surface area contributed by atoms with Gasteiger partial charge in [0, 0.05) is 15.6 Å². The van der Waals surface area contributed by atoms with Gasteiger partial charge in [-0.3, -0.25) is 14.9 Å². The Morgan fingerprint density at radius 2 is 1.61 bits per heavy atom. The van der Waals surface area contributed by atoms with Crippen molar-refractivity contribution < 1.29 is 4.74 Å². The minimum Gasteiger partial charge on any atom is -0.497 e. The Hall–Kier alpha value is -3.28. The predicted octanol–water partition coefficient (Wildman–Crippen LogP) is 6.29. The maximum atomic E-state index is 13.4. The molecule has 1 aromatic heterocycles. The molecule has 0 saturated heterocycles. The number of H-pyrrole nitrogens is 1. The van der Waals surface area contributed by atoms with Crippen LogP contribution in [0.3, 0.4) is 0 Å². The van der Waals surface area contributed by atoms with Crippen molar-refractivity contribution in [2.24, 2.45) is 4.99 Å². The molecule has 0 spiro atoms. The summed E-state index contributed by atoms with van der Waals surface area (Å²) in [7, 11) is 1.61. The first kappa shape index (κ1) is 21.0. The van der Waals surface area contributed by atoms with Gasteiger partial charge < -0.3 is 4.74 Å². The second-order valence-corrected chi connectivity index (χ2v) is 7.76. The van der Waals surface area contributed by atoms with Crippen LogP contribution in [-0.4, -0.2) is 22.6 Å². The molecule has 4 aromatic rings. The summed E-state index contributed by atoms with van der Waals surface area (Å²) in [4.78, 5) is 18.1. The molecule has 0 aliphatic rings. The van der Waals surface area contributed by atoms with E-state index in [0.29, 0.717) is 32.7 Å². The first-order valence-corrected chi connectivity index (χ1v) is 10.3. The Morgan fingerprint density at radius 1 is 0.968 bits per heavy atom. The lowest BCUT2D eigenvalue weighted by atomic mass is 10.0. The highest BCUT2D eigenvalue weighted by Crippen LogP contribution is 2.28. The van der Waals surface area contributed by atoms with Gasteiger partial charge in [0.15, 0.2) is 0 Å². The number of aromatic nitrogens is 2. The van der Waals surface area contributed by atoms with Crippen molar-refractivity contribution in [3.8, 4) is 22.7 Å². The molecule has 0 aliphatic carbocycles. The molecule has 0 aliphatic heterocycles. The molecule has 156 valence electrons. The van der Waals surface area contributed by atoms with Gasteiger partial charge in [-0.05, 0) is 61.5 Å². The average molecular weight is 452 g/mol. The number of para-hydroxylation sites is 1. The number of aliphatic imine (C=N–C) groups is 1. The second-order valence-electron chi connectivity index (χ2n) is 6.89. The zero-order valence-corrected chi connectivity index (χ0v) is 18.4. The summed E-state index contributed by atoms with van der Waals surface area (Å²) in [6.45, 7) is 1.79. The second kappa shape index (κ2) is 8.84. The van der Waals surface area contributed by atoms with Crippen LogP contribution in [0.4, 0.5) is 5.69 Å². The van der Waals surface area contributed by atoms with Crippen molar-refractivity contribution in [2.75, 3.05) is 7.11 Å². The number of rotatable bonds is 5. The number of nitrogens with zero attached hydrogens (tertiary/aromatic N) is 2. The number of aromatic amines is 1. The van der Waals surface area contributed by atoms with Gasteiger partial charge >= 0.3 is 0 Å². The first-order valence-electron chi connectivity index (χ1n) is 9.53. The van der Waals surface area contributed by atoms with E-state index in [0.717, 1.165) is 17.0 Å².